The van der Waals surface area contributed by atoms with Crippen LogP contribution in [0.1, 0.15) is 20.3 Å². The van der Waals surface area contributed by atoms with Crippen molar-refractivity contribution in [2.24, 2.45) is 0 Å². The fraction of sp³-hybridized carbons (Fsp3) is 0.500. The third-order valence-corrected chi connectivity index (χ3v) is 2.38. The molecule has 0 fully saturated rings. The average Bonchev–Trinajstić information content (AvgIpc) is 2.19. The van der Waals surface area contributed by atoms with E-state index in [-0.39, 0.29) is 5.60 Å². The smallest absolute Gasteiger partial charge is 0.0639 e. The molecule has 1 aromatic carbocycles. The van der Waals surface area contributed by atoms with E-state index in [4.69, 9.17) is 4.74 Å². The van der Waals surface area contributed by atoms with E-state index in [0.29, 0.717) is 0 Å². The van der Waals surface area contributed by atoms with Crippen LogP contribution in [0.25, 0.3) is 0 Å². The number of methoxy groups -OCH3 is 1. The van der Waals surface area contributed by atoms with Crippen molar-refractivity contribution < 1.29 is 4.74 Å². The van der Waals surface area contributed by atoms with Gasteiger partial charge in [-0.2, -0.15) is 0 Å². The maximum Gasteiger partial charge on any atom is 0.0639 e. The first-order valence-corrected chi connectivity index (χ1v) is 4.98. The van der Waals surface area contributed by atoms with Crippen LogP contribution >= 0.6 is 0 Å². The van der Waals surface area contributed by atoms with Gasteiger partial charge in [-0.1, -0.05) is 18.2 Å². The Hall–Kier alpha value is -1.02. The number of hydrogen-bond acceptors (Lipinski definition) is 2. The largest absolute Gasteiger partial charge is 0.385 e. The Bertz CT molecular complexity index is 256. The molecule has 0 unspecified atom stereocenters. The maximum atomic E-state index is 5.34. The molecule has 0 saturated carbocycles. The highest BCUT2D eigenvalue weighted by atomic mass is 16.5. The summed E-state index contributed by atoms with van der Waals surface area (Å²) < 4.78 is 5.34. The first-order valence-electron chi connectivity index (χ1n) is 4.98. The summed E-state index contributed by atoms with van der Waals surface area (Å²) in [5.74, 6) is 0. The van der Waals surface area contributed by atoms with Crippen LogP contribution in [-0.2, 0) is 4.74 Å². The van der Waals surface area contributed by atoms with Crippen LogP contribution in [0.15, 0.2) is 30.3 Å². The number of para-hydroxylation sites is 1. The quantitative estimate of drug-likeness (QED) is 0.776. The zero-order valence-corrected chi connectivity index (χ0v) is 9.21. The lowest BCUT2D eigenvalue weighted by Crippen LogP contribution is -2.25. The first kappa shape index (κ1) is 11.1. The standard InChI is InChI=1S/C12H19NO/c1-12(2,14-3)9-10-13-11-7-5-4-6-8-11/h4-8,13H,9-10H2,1-3H3. The molecule has 0 aliphatic rings. The van der Waals surface area contributed by atoms with Crippen molar-refractivity contribution in [1.82, 2.24) is 0 Å². The minimum Gasteiger partial charge on any atom is -0.385 e. The van der Waals surface area contributed by atoms with Gasteiger partial charge in [-0.15, -0.1) is 0 Å². The lowest BCUT2D eigenvalue weighted by Gasteiger charge is -2.23. The third kappa shape index (κ3) is 3.79. The Morgan fingerprint density at radius 3 is 2.43 bits per heavy atom. The molecule has 0 atom stereocenters. The number of hydrogen-bond donors (Lipinski definition) is 1. The van der Waals surface area contributed by atoms with Gasteiger partial charge in [-0.25, -0.2) is 0 Å². The van der Waals surface area contributed by atoms with Gasteiger partial charge in [0.25, 0.3) is 0 Å². The topological polar surface area (TPSA) is 21.3 Å². The van der Waals surface area contributed by atoms with Gasteiger partial charge in [0, 0.05) is 19.3 Å². The molecule has 2 nitrogen and oxygen atoms in total. The normalized spacial score (nSPS) is 11.4. The van der Waals surface area contributed by atoms with Gasteiger partial charge in [-0.3, -0.25) is 0 Å². The van der Waals surface area contributed by atoms with Gasteiger partial charge in [0.15, 0.2) is 0 Å². The molecule has 1 rings (SSSR count). The van der Waals surface area contributed by atoms with E-state index >= 15 is 0 Å². The second-order valence-electron chi connectivity index (χ2n) is 4.01. The van der Waals surface area contributed by atoms with E-state index in [0.717, 1.165) is 13.0 Å². The molecule has 0 radical (unpaired) electrons. The molecule has 2 heteroatoms. The Kier molecular flexibility index (Phi) is 3.96. The van der Waals surface area contributed by atoms with Crippen LogP contribution in [0.5, 0.6) is 0 Å². The summed E-state index contributed by atoms with van der Waals surface area (Å²) in [5, 5.41) is 3.36. The highest BCUT2D eigenvalue weighted by Crippen LogP contribution is 2.13. The molecule has 0 bridgehead atoms. The Balaban J connectivity index is 2.29. The predicted octanol–water partition coefficient (Wildman–Crippen LogP) is 2.91. The molecule has 0 aromatic heterocycles. The van der Waals surface area contributed by atoms with E-state index in [2.05, 4.69) is 31.3 Å². The molecule has 0 heterocycles. The summed E-state index contributed by atoms with van der Waals surface area (Å²) in [4.78, 5) is 0. The van der Waals surface area contributed by atoms with Gasteiger partial charge in [0.1, 0.15) is 0 Å². The Morgan fingerprint density at radius 2 is 1.86 bits per heavy atom. The van der Waals surface area contributed by atoms with E-state index in [1.165, 1.54) is 5.69 Å². The molecule has 1 aromatic rings. The summed E-state index contributed by atoms with van der Waals surface area (Å²) in [7, 11) is 1.75. The molecule has 78 valence electrons. The summed E-state index contributed by atoms with van der Waals surface area (Å²) in [6.45, 7) is 5.13. The van der Waals surface area contributed by atoms with Crippen molar-refractivity contribution in [2.45, 2.75) is 25.9 Å². The molecule has 0 spiro atoms. The van der Waals surface area contributed by atoms with E-state index in [9.17, 15) is 0 Å². The number of anilines is 1. The molecule has 0 aliphatic heterocycles. The average molecular weight is 193 g/mol. The SMILES string of the molecule is COC(C)(C)CCNc1ccccc1. The highest BCUT2D eigenvalue weighted by Gasteiger charge is 2.14. The van der Waals surface area contributed by atoms with Gasteiger partial charge < -0.3 is 10.1 Å². The van der Waals surface area contributed by atoms with Gasteiger partial charge in [0.05, 0.1) is 5.60 Å². The van der Waals surface area contributed by atoms with Gasteiger partial charge >= 0.3 is 0 Å². The van der Waals surface area contributed by atoms with Gasteiger partial charge in [-0.05, 0) is 32.4 Å². The fourth-order valence-corrected chi connectivity index (χ4v) is 1.17. The predicted molar refractivity (Wildman–Crippen MR) is 60.6 cm³/mol. The van der Waals surface area contributed by atoms with Crippen molar-refractivity contribution in [3.05, 3.63) is 30.3 Å². The van der Waals surface area contributed by atoms with Crippen LogP contribution in [0.3, 0.4) is 0 Å². The number of nitrogens with one attached hydrogen (secondary N) is 1. The van der Waals surface area contributed by atoms with E-state index < -0.39 is 0 Å². The second-order valence-corrected chi connectivity index (χ2v) is 4.01. The molecule has 0 aliphatic carbocycles. The van der Waals surface area contributed by atoms with E-state index in [1.807, 2.05) is 18.2 Å². The lowest BCUT2D eigenvalue weighted by atomic mass is 10.1. The first-order chi connectivity index (χ1) is 6.64. The minimum absolute atomic E-state index is 0.0399. The Morgan fingerprint density at radius 1 is 1.21 bits per heavy atom. The molecular formula is C12H19NO. The number of benzene rings is 1. The summed E-state index contributed by atoms with van der Waals surface area (Å²) in [5.41, 5.74) is 1.13. The highest BCUT2D eigenvalue weighted by molar-refractivity contribution is 5.42. The molecular weight excluding hydrogens is 174 g/mol. The zero-order valence-electron chi connectivity index (χ0n) is 9.21. The van der Waals surface area contributed by atoms with Crippen LogP contribution in [0.2, 0.25) is 0 Å². The Labute approximate surface area is 86.3 Å². The minimum atomic E-state index is -0.0399. The monoisotopic (exact) mass is 193 g/mol. The van der Waals surface area contributed by atoms with Crippen molar-refractivity contribution in [3.63, 3.8) is 0 Å². The van der Waals surface area contributed by atoms with Crippen LogP contribution in [0, 0.1) is 0 Å². The summed E-state index contributed by atoms with van der Waals surface area (Å²) >= 11 is 0. The van der Waals surface area contributed by atoms with Crippen molar-refractivity contribution in [3.8, 4) is 0 Å². The molecule has 0 saturated heterocycles. The molecule has 14 heavy (non-hydrogen) atoms. The number of ether oxygens (including phenoxy) is 1. The van der Waals surface area contributed by atoms with Crippen LogP contribution in [-0.4, -0.2) is 19.3 Å². The van der Waals surface area contributed by atoms with Crippen molar-refractivity contribution in [2.75, 3.05) is 19.0 Å². The van der Waals surface area contributed by atoms with E-state index in [1.54, 1.807) is 7.11 Å². The molecule has 1 N–H and O–H groups in total. The summed E-state index contributed by atoms with van der Waals surface area (Å²) in [6, 6.07) is 10.2. The van der Waals surface area contributed by atoms with Crippen molar-refractivity contribution in [1.29, 1.82) is 0 Å². The second kappa shape index (κ2) is 5.01. The lowest BCUT2D eigenvalue weighted by molar-refractivity contribution is 0.0185. The summed E-state index contributed by atoms with van der Waals surface area (Å²) in [6.07, 6.45) is 0.998. The fourth-order valence-electron chi connectivity index (χ4n) is 1.17. The van der Waals surface area contributed by atoms with Crippen molar-refractivity contribution >= 4 is 5.69 Å². The van der Waals surface area contributed by atoms with Crippen LogP contribution < -0.4 is 5.32 Å². The van der Waals surface area contributed by atoms with Crippen LogP contribution in [0.4, 0.5) is 5.69 Å². The third-order valence-electron chi connectivity index (χ3n) is 2.38. The molecule has 0 amide bonds. The zero-order chi connectivity index (χ0) is 10.4. The maximum absolute atomic E-state index is 5.34. The number of rotatable bonds is 5. The van der Waals surface area contributed by atoms with Gasteiger partial charge in [0.2, 0.25) is 0 Å².